The fourth-order valence-electron chi connectivity index (χ4n) is 3.07. The molecule has 1 saturated heterocycles. The summed E-state index contributed by atoms with van der Waals surface area (Å²) in [7, 11) is 0. The number of β-amino-alcohol motifs (C(OH)–C–C–N with tert-alkyl or cyclic N) is 1. The summed E-state index contributed by atoms with van der Waals surface area (Å²) >= 11 is 0. The van der Waals surface area contributed by atoms with E-state index in [-0.39, 0.29) is 12.0 Å². The molecule has 0 aromatic carbocycles. The lowest BCUT2D eigenvalue weighted by Gasteiger charge is -2.25. The molecule has 0 spiro atoms. The van der Waals surface area contributed by atoms with Crippen LogP contribution in [0.25, 0.3) is 0 Å². The predicted octanol–water partition coefficient (Wildman–Crippen LogP) is 0.623. The highest BCUT2D eigenvalue weighted by molar-refractivity contribution is 5.91. The molecule has 0 bridgehead atoms. The number of carbonyl (C=O) groups excluding carboxylic acids is 1. The Bertz CT molecular complexity index is 598. The van der Waals surface area contributed by atoms with Crippen LogP contribution in [-0.4, -0.2) is 71.2 Å². The van der Waals surface area contributed by atoms with Crippen molar-refractivity contribution in [2.75, 3.05) is 39.3 Å². The minimum atomic E-state index is -0.267. The largest absolute Gasteiger partial charge is 0.447 e. The van der Waals surface area contributed by atoms with E-state index in [0.717, 1.165) is 39.0 Å². The maximum Gasteiger partial charge on any atom is 0.273 e. The van der Waals surface area contributed by atoms with Crippen LogP contribution in [0.3, 0.4) is 0 Å². The molecular weight excluding hydrogens is 308 g/mol. The average Bonchev–Trinajstić information content (AvgIpc) is 3.19. The van der Waals surface area contributed by atoms with E-state index in [4.69, 9.17) is 4.42 Å². The van der Waals surface area contributed by atoms with Gasteiger partial charge < -0.3 is 14.8 Å². The van der Waals surface area contributed by atoms with Gasteiger partial charge in [-0.25, -0.2) is 4.98 Å². The number of hydrogen-bond donors (Lipinski definition) is 2. The molecule has 1 amide bonds. The number of rotatable bonds is 6. The summed E-state index contributed by atoms with van der Waals surface area (Å²) in [6.07, 6.45) is 5.26. The molecule has 0 saturated carbocycles. The van der Waals surface area contributed by atoms with E-state index in [2.05, 4.69) is 33.1 Å². The van der Waals surface area contributed by atoms with Crippen LogP contribution in [0, 0.1) is 0 Å². The first-order valence-corrected chi connectivity index (χ1v) is 8.61. The normalized spacial score (nSPS) is 22.6. The highest BCUT2D eigenvalue weighted by atomic mass is 16.3. The van der Waals surface area contributed by atoms with Gasteiger partial charge in [0.1, 0.15) is 6.26 Å². The smallest absolute Gasteiger partial charge is 0.273 e. The van der Waals surface area contributed by atoms with Crippen LogP contribution in [0.1, 0.15) is 36.1 Å². The van der Waals surface area contributed by atoms with Crippen LogP contribution in [0.15, 0.2) is 22.3 Å². The number of nitrogens with one attached hydrogen (secondary N) is 1. The first-order chi connectivity index (χ1) is 11.6. The van der Waals surface area contributed by atoms with Gasteiger partial charge in [-0.15, -0.1) is 0 Å². The van der Waals surface area contributed by atoms with Gasteiger partial charge in [0.05, 0.1) is 12.6 Å². The third kappa shape index (κ3) is 4.66. The van der Waals surface area contributed by atoms with Crippen LogP contribution in [0.5, 0.6) is 0 Å². The van der Waals surface area contributed by atoms with Crippen LogP contribution < -0.4 is 5.32 Å². The van der Waals surface area contributed by atoms with Crippen molar-refractivity contribution in [1.82, 2.24) is 20.1 Å². The number of likely N-dealkylation sites (tertiary alicyclic amines) is 1. The summed E-state index contributed by atoms with van der Waals surface area (Å²) in [5.74, 6) is 0.320. The standard InChI is InChI=1S/C17H26N4O3/c1-13-2-6-20(7-3-13)9-5-18-17(23)15-12-24-16(19-15)11-21-8-4-14(22)10-21/h2,12,14,22H,3-11H2,1H3,(H,18,23)/t14-/m0/s1. The highest BCUT2D eigenvalue weighted by Gasteiger charge is 2.22. The quantitative estimate of drug-likeness (QED) is 0.743. The van der Waals surface area contributed by atoms with Crippen molar-refractivity contribution < 1.29 is 14.3 Å². The van der Waals surface area contributed by atoms with Gasteiger partial charge in [0.2, 0.25) is 5.89 Å². The van der Waals surface area contributed by atoms with Gasteiger partial charge >= 0.3 is 0 Å². The molecular formula is C17H26N4O3. The topological polar surface area (TPSA) is 81.8 Å². The molecule has 3 rings (SSSR count). The third-order valence-corrected chi connectivity index (χ3v) is 4.62. The third-order valence-electron chi connectivity index (χ3n) is 4.62. The second-order valence-corrected chi connectivity index (χ2v) is 6.66. The van der Waals surface area contributed by atoms with Crippen molar-refractivity contribution in [2.24, 2.45) is 0 Å². The SMILES string of the molecule is CC1=CCN(CCNC(=O)c2coc(CN3CC[C@H](O)C3)n2)CC1. The first-order valence-electron chi connectivity index (χ1n) is 8.61. The molecule has 7 heteroatoms. The number of carbonyl (C=O) groups is 1. The van der Waals surface area contributed by atoms with Crippen molar-refractivity contribution in [3.63, 3.8) is 0 Å². The second-order valence-electron chi connectivity index (χ2n) is 6.66. The molecule has 3 heterocycles. The molecule has 1 atom stereocenters. The maximum atomic E-state index is 12.1. The van der Waals surface area contributed by atoms with Gasteiger partial charge in [-0.05, 0) is 19.8 Å². The molecule has 1 aromatic heterocycles. The molecule has 0 radical (unpaired) electrons. The van der Waals surface area contributed by atoms with E-state index < -0.39 is 0 Å². The summed E-state index contributed by atoms with van der Waals surface area (Å²) in [6.45, 7) is 7.60. The number of aliphatic hydroxyl groups excluding tert-OH is 1. The zero-order chi connectivity index (χ0) is 16.9. The Morgan fingerprint density at radius 2 is 2.33 bits per heavy atom. The second kappa shape index (κ2) is 7.92. The minimum Gasteiger partial charge on any atom is -0.447 e. The number of aromatic nitrogens is 1. The summed E-state index contributed by atoms with van der Waals surface area (Å²) in [6, 6.07) is 0. The Kier molecular flexibility index (Phi) is 5.65. The lowest BCUT2D eigenvalue weighted by Crippen LogP contribution is -2.37. The lowest BCUT2D eigenvalue weighted by atomic mass is 10.1. The summed E-state index contributed by atoms with van der Waals surface area (Å²) in [4.78, 5) is 20.8. The van der Waals surface area contributed by atoms with Crippen LogP contribution in [-0.2, 0) is 6.54 Å². The maximum absolute atomic E-state index is 12.1. The summed E-state index contributed by atoms with van der Waals surface area (Å²) in [5.41, 5.74) is 1.76. The van der Waals surface area contributed by atoms with Gasteiger partial charge in [-0.2, -0.15) is 0 Å². The highest BCUT2D eigenvalue weighted by Crippen LogP contribution is 2.13. The predicted molar refractivity (Wildman–Crippen MR) is 89.6 cm³/mol. The van der Waals surface area contributed by atoms with Crippen molar-refractivity contribution >= 4 is 5.91 Å². The van der Waals surface area contributed by atoms with Gasteiger partial charge in [0, 0.05) is 39.3 Å². The Balaban J connectivity index is 1.40. The zero-order valence-corrected chi connectivity index (χ0v) is 14.2. The fraction of sp³-hybridized carbons (Fsp3) is 0.647. The molecule has 2 aliphatic heterocycles. The van der Waals surface area contributed by atoms with Crippen molar-refractivity contribution in [3.05, 3.63) is 29.5 Å². The van der Waals surface area contributed by atoms with Crippen LogP contribution >= 0.6 is 0 Å². The molecule has 7 nitrogen and oxygen atoms in total. The van der Waals surface area contributed by atoms with E-state index in [1.807, 2.05) is 0 Å². The van der Waals surface area contributed by atoms with E-state index in [1.165, 1.54) is 11.8 Å². The molecule has 0 aliphatic carbocycles. The van der Waals surface area contributed by atoms with Crippen molar-refractivity contribution in [1.29, 1.82) is 0 Å². The lowest BCUT2D eigenvalue weighted by molar-refractivity contribution is 0.0943. The number of aliphatic hydroxyl groups is 1. The number of oxazole rings is 1. The number of hydrogen-bond acceptors (Lipinski definition) is 6. The van der Waals surface area contributed by atoms with Crippen LogP contribution in [0.4, 0.5) is 0 Å². The average molecular weight is 334 g/mol. The van der Waals surface area contributed by atoms with E-state index in [1.54, 1.807) is 0 Å². The molecule has 132 valence electrons. The van der Waals surface area contributed by atoms with Crippen LogP contribution in [0.2, 0.25) is 0 Å². The Morgan fingerprint density at radius 1 is 1.46 bits per heavy atom. The van der Waals surface area contributed by atoms with Gasteiger partial charge in [-0.3, -0.25) is 14.6 Å². The minimum absolute atomic E-state index is 0.199. The first kappa shape index (κ1) is 17.1. The number of nitrogens with zero attached hydrogens (tertiary/aromatic N) is 3. The fourth-order valence-corrected chi connectivity index (χ4v) is 3.07. The molecule has 24 heavy (non-hydrogen) atoms. The summed E-state index contributed by atoms with van der Waals surface area (Å²) < 4.78 is 5.38. The molecule has 1 fully saturated rings. The summed E-state index contributed by atoms with van der Waals surface area (Å²) in [5, 5.41) is 12.4. The Hall–Kier alpha value is -1.70. The Labute approximate surface area is 142 Å². The molecule has 0 unspecified atom stereocenters. The van der Waals surface area contributed by atoms with E-state index >= 15 is 0 Å². The Morgan fingerprint density at radius 3 is 3.04 bits per heavy atom. The molecule has 2 N–H and O–H groups in total. The molecule has 1 aromatic rings. The zero-order valence-electron chi connectivity index (χ0n) is 14.2. The van der Waals surface area contributed by atoms with Gasteiger partial charge in [-0.1, -0.05) is 11.6 Å². The monoisotopic (exact) mass is 334 g/mol. The number of amides is 1. The van der Waals surface area contributed by atoms with Gasteiger partial charge in [0.15, 0.2) is 5.69 Å². The van der Waals surface area contributed by atoms with E-state index in [0.29, 0.717) is 31.2 Å². The van der Waals surface area contributed by atoms with Crippen molar-refractivity contribution in [3.8, 4) is 0 Å². The molecule has 2 aliphatic rings. The van der Waals surface area contributed by atoms with Gasteiger partial charge in [0.25, 0.3) is 5.91 Å². The van der Waals surface area contributed by atoms with E-state index in [9.17, 15) is 9.90 Å². The van der Waals surface area contributed by atoms with Crippen molar-refractivity contribution in [2.45, 2.75) is 32.4 Å².